The number of anilines is 1. The van der Waals surface area contributed by atoms with Gasteiger partial charge in [0.05, 0.1) is 6.04 Å². The highest BCUT2D eigenvalue weighted by Crippen LogP contribution is 2.52. The van der Waals surface area contributed by atoms with Gasteiger partial charge in [0, 0.05) is 34.6 Å². The van der Waals surface area contributed by atoms with Crippen LogP contribution in [0, 0.1) is 6.92 Å². The third-order valence-corrected chi connectivity index (χ3v) is 7.04. The Kier molecular flexibility index (Phi) is 4.70. The highest BCUT2D eigenvalue weighted by molar-refractivity contribution is 6.30. The Morgan fingerprint density at radius 1 is 1.07 bits per heavy atom. The third-order valence-electron chi connectivity index (χ3n) is 6.82. The Labute approximate surface area is 178 Å². The molecule has 5 rings (SSSR count). The van der Waals surface area contributed by atoms with Crippen LogP contribution in [0.1, 0.15) is 56.2 Å². The fourth-order valence-corrected chi connectivity index (χ4v) is 5.77. The summed E-state index contributed by atoms with van der Waals surface area (Å²) < 4.78 is 6.73. The molecule has 0 aromatic heterocycles. The average molecular weight is 406 g/mol. The molecule has 2 aliphatic rings. The van der Waals surface area contributed by atoms with Gasteiger partial charge in [-0.3, -0.25) is 0 Å². The molecular formula is C26H28ClNO. The normalized spacial score (nSPS) is 19.9. The molecule has 3 aromatic carbocycles. The van der Waals surface area contributed by atoms with Crippen LogP contribution in [-0.4, -0.2) is 12.1 Å². The number of aryl methyl sites for hydroxylation is 1. The van der Waals surface area contributed by atoms with E-state index in [9.17, 15) is 0 Å². The van der Waals surface area contributed by atoms with Crippen molar-refractivity contribution in [3.8, 4) is 5.75 Å². The van der Waals surface area contributed by atoms with Gasteiger partial charge in [-0.1, -0.05) is 48.0 Å². The number of halogens is 1. The van der Waals surface area contributed by atoms with Crippen molar-refractivity contribution in [2.24, 2.45) is 0 Å². The lowest BCUT2D eigenvalue weighted by atomic mass is 9.84. The fourth-order valence-electron chi connectivity index (χ4n) is 5.48. The van der Waals surface area contributed by atoms with Crippen LogP contribution >= 0.6 is 11.6 Å². The van der Waals surface area contributed by atoms with Crippen LogP contribution in [0.4, 0.5) is 5.69 Å². The Bertz CT molecular complexity index is 1050. The van der Waals surface area contributed by atoms with Crippen molar-refractivity contribution in [1.82, 2.24) is 0 Å². The second-order valence-corrected chi connectivity index (χ2v) is 9.07. The first-order valence-corrected chi connectivity index (χ1v) is 11.2. The van der Waals surface area contributed by atoms with E-state index in [0.29, 0.717) is 0 Å². The monoisotopic (exact) mass is 405 g/mol. The molecule has 1 atom stereocenters. The Morgan fingerprint density at radius 2 is 1.83 bits per heavy atom. The van der Waals surface area contributed by atoms with E-state index >= 15 is 0 Å². The van der Waals surface area contributed by atoms with Crippen LogP contribution in [-0.2, 0) is 0 Å². The van der Waals surface area contributed by atoms with Crippen molar-refractivity contribution in [3.05, 3.63) is 70.7 Å². The highest BCUT2D eigenvalue weighted by Gasteiger charge is 2.45. The van der Waals surface area contributed by atoms with Crippen LogP contribution in [0.25, 0.3) is 10.8 Å². The summed E-state index contributed by atoms with van der Waals surface area (Å²) in [5, 5.41) is 3.39. The number of rotatable bonds is 3. The van der Waals surface area contributed by atoms with Crippen molar-refractivity contribution < 1.29 is 4.74 Å². The zero-order chi connectivity index (χ0) is 20.0. The summed E-state index contributed by atoms with van der Waals surface area (Å²) in [6.45, 7) is 5.33. The van der Waals surface area contributed by atoms with Gasteiger partial charge >= 0.3 is 0 Å². The molecule has 0 radical (unpaired) electrons. The molecule has 1 spiro atoms. The molecule has 0 saturated heterocycles. The minimum Gasteiger partial charge on any atom is -0.487 e. The van der Waals surface area contributed by atoms with Gasteiger partial charge in [0.1, 0.15) is 11.4 Å². The Hall–Kier alpha value is -2.19. The number of fused-ring (bicyclic) bond motifs is 2. The Balaban J connectivity index is 1.68. The lowest BCUT2D eigenvalue weighted by Gasteiger charge is -2.45. The predicted molar refractivity (Wildman–Crippen MR) is 122 cm³/mol. The summed E-state index contributed by atoms with van der Waals surface area (Å²) in [7, 11) is 0. The van der Waals surface area contributed by atoms with Crippen LogP contribution < -0.4 is 9.64 Å². The van der Waals surface area contributed by atoms with E-state index in [2.05, 4.69) is 67.3 Å². The van der Waals surface area contributed by atoms with E-state index in [1.807, 2.05) is 6.07 Å². The number of benzene rings is 3. The molecule has 3 heteroatoms. The first-order chi connectivity index (χ1) is 14.1. The molecule has 2 nitrogen and oxygen atoms in total. The molecule has 0 N–H and O–H groups in total. The van der Waals surface area contributed by atoms with Gasteiger partial charge in [-0.25, -0.2) is 0 Å². The quantitative estimate of drug-likeness (QED) is 0.448. The largest absolute Gasteiger partial charge is 0.487 e. The molecule has 1 fully saturated rings. The van der Waals surface area contributed by atoms with Crippen LogP contribution in [0.15, 0.2) is 54.6 Å². The SMILES string of the molecule is CCN(c1cccc2ccccc12)C1CC2(CCCC2)Oc2c(C)cc(Cl)cc21. The van der Waals surface area contributed by atoms with E-state index in [4.69, 9.17) is 16.3 Å². The first-order valence-electron chi connectivity index (χ1n) is 10.8. The van der Waals surface area contributed by atoms with Crippen LogP contribution in [0.2, 0.25) is 5.02 Å². The number of hydrogen-bond acceptors (Lipinski definition) is 2. The summed E-state index contributed by atoms with van der Waals surface area (Å²) >= 11 is 6.51. The molecule has 1 unspecified atom stereocenters. The van der Waals surface area contributed by atoms with Gasteiger partial charge in [-0.2, -0.15) is 0 Å². The maximum Gasteiger partial charge on any atom is 0.128 e. The standard InChI is InChI=1S/C26H28ClNO/c1-3-28(23-12-8-10-19-9-4-5-11-21(19)23)24-17-26(13-6-7-14-26)29-25-18(2)15-20(27)16-22(24)25/h4-5,8-12,15-16,24H,3,6-7,13-14,17H2,1-2H3. The third kappa shape index (κ3) is 3.18. The summed E-state index contributed by atoms with van der Waals surface area (Å²) in [6, 6.07) is 19.8. The predicted octanol–water partition coefficient (Wildman–Crippen LogP) is 7.46. The number of nitrogens with zero attached hydrogens (tertiary/aromatic N) is 1. The Morgan fingerprint density at radius 3 is 2.62 bits per heavy atom. The van der Waals surface area contributed by atoms with Gasteiger partial charge in [0.25, 0.3) is 0 Å². The molecule has 1 saturated carbocycles. The minimum atomic E-state index is -0.0335. The second-order valence-electron chi connectivity index (χ2n) is 8.64. The van der Waals surface area contributed by atoms with Crippen molar-refractivity contribution in [2.45, 2.75) is 57.6 Å². The van der Waals surface area contributed by atoms with E-state index in [1.54, 1.807) is 0 Å². The average Bonchev–Trinajstić information content (AvgIpc) is 3.17. The zero-order valence-corrected chi connectivity index (χ0v) is 18.0. The highest BCUT2D eigenvalue weighted by atomic mass is 35.5. The van der Waals surface area contributed by atoms with E-state index in [0.717, 1.165) is 42.1 Å². The molecule has 29 heavy (non-hydrogen) atoms. The fraction of sp³-hybridized carbons (Fsp3) is 0.385. The summed E-state index contributed by atoms with van der Waals surface area (Å²) in [4.78, 5) is 2.57. The summed E-state index contributed by atoms with van der Waals surface area (Å²) in [5.74, 6) is 1.06. The van der Waals surface area contributed by atoms with Gasteiger partial charge in [-0.05, 0) is 68.7 Å². The molecule has 0 amide bonds. The van der Waals surface area contributed by atoms with Gasteiger partial charge in [-0.15, -0.1) is 0 Å². The molecule has 0 bridgehead atoms. The van der Waals surface area contributed by atoms with E-state index in [-0.39, 0.29) is 11.6 Å². The van der Waals surface area contributed by atoms with Gasteiger partial charge in [0.2, 0.25) is 0 Å². The lowest BCUT2D eigenvalue weighted by molar-refractivity contribution is 0.0405. The summed E-state index contributed by atoms with van der Waals surface area (Å²) in [6.07, 6.45) is 5.84. The van der Waals surface area contributed by atoms with Gasteiger partial charge in [0.15, 0.2) is 0 Å². The van der Waals surface area contributed by atoms with E-state index < -0.39 is 0 Å². The van der Waals surface area contributed by atoms with Crippen molar-refractivity contribution in [3.63, 3.8) is 0 Å². The molecule has 1 aliphatic heterocycles. The van der Waals surface area contributed by atoms with Crippen LogP contribution in [0.5, 0.6) is 5.75 Å². The first kappa shape index (κ1) is 18.8. The van der Waals surface area contributed by atoms with Gasteiger partial charge < -0.3 is 9.64 Å². The molecule has 1 heterocycles. The molecule has 150 valence electrons. The van der Waals surface area contributed by atoms with Crippen LogP contribution in [0.3, 0.4) is 0 Å². The molecule has 1 aliphatic carbocycles. The van der Waals surface area contributed by atoms with Crippen molar-refractivity contribution >= 4 is 28.1 Å². The topological polar surface area (TPSA) is 12.5 Å². The zero-order valence-electron chi connectivity index (χ0n) is 17.2. The maximum atomic E-state index is 6.73. The lowest BCUT2D eigenvalue weighted by Crippen LogP contribution is -2.44. The molecule has 3 aromatic rings. The maximum absolute atomic E-state index is 6.73. The minimum absolute atomic E-state index is 0.0335. The second kappa shape index (κ2) is 7.25. The number of hydrogen-bond donors (Lipinski definition) is 0. The summed E-state index contributed by atoms with van der Waals surface area (Å²) in [5.41, 5.74) is 3.66. The van der Waals surface area contributed by atoms with Crippen molar-refractivity contribution in [1.29, 1.82) is 0 Å². The smallest absolute Gasteiger partial charge is 0.128 e. The molecular weight excluding hydrogens is 378 g/mol. The van der Waals surface area contributed by atoms with Crippen molar-refractivity contribution in [2.75, 3.05) is 11.4 Å². The van der Waals surface area contributed by atoms with E-state index in [1.165, 1.54) is 34.9 Å². The number of ether oxygens (including phenoxy) is 1.